The van der Waals surface area contributed by atoms with Gasteiger partial charge in [-0.3, -0.25) is 9.59 Å². The van der Waals surface area contributed by atoms with Gasteiger partial charge in [-0.05, 0) is 44.2 Å². The van der Waals surface area contributed by atoms with E-state index < -0.39 is 0 Å². The van der Waals surface area contributed by atoms with Gasteiger partial charge in [-0.2, -0.15) is 0 Å². The van der Waals surface area contributed by atoms with E-state index in [4.69, 9.17) is 4.98 Å². The summed E-state index contributed by atoms with van der Waals surface area (Å²) < 4.78 is 2.10. The third-order valence-corrected chi connectivity index (χ3v) is 5.64. The number of nitrogens with one attached hydrogen (secondary N) is 1. The third-order valence-electron chi connectivity index (χ3n) is 5.64. The van der Waals surface area contributed by atoms with Crippen LogP contribution in [0.1, 0.15) is 58.2 Å². The van der Waals surface area contributed by atoms with Gasteiger partial charge in [0.2, 0.25) is 11.8 Å². The minimum atomic E-state index is 0.0346. The second kappa shape index (κ2) is 10.4. The molecule has 1 fully saturated rings. The van der Waals surface area contributed by atoms with Gasteiger partial charge in [0.15, 0.2) is 0 Å². The van der Waals surface area contributed by atoms with E-state index in [0.717, 1.165) is 75.0 Å². The lowest BCUT2D eigenvalue weighted by Gasteiger charge is -2.27. The molecule has 158 valence electrons. The van der Waals surface area contributed by atoms with E-state index in [2.05, 4.69) is 16.0 Å². The fraction of sp³-hybridized carbons (Fsp3) is 0.609. The summed E-state index contributed by atoms with van der Waals surface area (Å²) in [6.45, 7) is 6.67. The van der Waals surface area contributed by atoms with E-state index in [1.165, 1.54) is 6.42 Å². The van der Waals surface area contributed by atoms with Crippen molar-refractivity contribution in [2.75, 3.05) is 19.6 Å². The van der Waals surface area contributed by atoms with Crippen LogP contribution in [0.25, 0.3) is 11.0 Å². The van der Waals surface area contributed by atoms with Gasteiger partial charge in [-0.25, -0.2) is 4.98 Å². The number of para-hydroxylation sites is 2. The van der Waals surface area contributed by atoms with Crippen molar-refractivity contribution in [3.8, 4) is 0 Å². The third kappa shape index (κ3) is 5.81. The van der Waals surface area contributed by atoms with Crippen LogP contribution in [0.2, 0.25) is 0 Å². The van der Waals surface area contributed by atoms with Gasteiger partial charge >= 0.3 is 0 Å². The fourth-order valence-electron chi connectivity index (χ4n) is 3.87. The van der Waals surface area contributed by atoms with Crippen molar-refractivity contribution in [2.45, 2.75) is 65.3 Å². The number of likely N-dealkylation sites (tertiary alicyclic amines) is 1. The molecule has 6 heteroatoms. The number of aromatic nitrogens is 2. The van der Waals surface area contributed by atoms with Crippen molar-refractivity contribution >= 4 is 22.8 Å². The van der Waals surface area contributed by atoms with Crippen LogP contribution in [0, 0.1) is 5.92 Å². The highest BCUT2D eigenvalue weighted by atomic mass is 16.2. The zero-order chi connectivity index (χ0) is 20.6. The number of hydrogen-bond acceptors (Lipinski definition) is 3. The predicted molar refractivity (Wildman–Crippen MR) is 116 cm³/mol. The lowest BCUT2D eigenvalue weighted by Crippen LogP contribution is -2.38. The van der Waals surface area contributed by atoms with Gasteiger partial charge in [0, 0.05) is 32.0 Å². The van der Waals surface area contributed by atoms with Crippen LogP contribution in [0.15, 0.2) is 24.3 Å². The molecule has 0 saturated carbocycles. The van der Waals surface area contributed by atoms with Gasteiger partial charge in [-0.15, -0.1) is 0 Å². The molecule has 2 heterocycles. The van der Waals surface area contributed by atoms with Crippen LogP contribution >= 0.6 is 0 Å². The first-order chi connectivity index (χ1) is 14.1. The predicted octanol–water partition coefficient (Wildman–Crippen LogP) is 3.53. The van der Waals surface area contributed by atoms with Crippen LogP contribution in [0.3, 0.4) is 0 Å². The molecule has 6 nitrogen and oxygen atoms in total. The first-order valence-corrected chi connectivity index (χ1v) is 11.1. The Morgan fingerprint density at radius 1 is 1.07 bits per heavy atom. The number of hydrogen-bond donors (Lipinski definition) is 1. The lowest BCUT2D eigenvalue weighted by atomic mass is 10.1. The highest BCUT2D eigenvalue weighted by Crippen LogP contribution is 2.19. The highest BCUT2D eigenvalue weighted by molar-refractivity contribution is 5.81. The summed E-state index contributed by atoms with van der Waals surface area (Å²) in [7, 11) is 0. The zero-order valence-corrected chi connectivity index (χ0v) is 17.8. The smallest absolute Gasteiger partial charge is 0.242 e. The molecule has 1 aromatic carbocycles. The van der Waals surface area contributed by atoms with E-state index in [-0.39, 0.29) is 17.7 Å². The van der Waals surface area contributed by atoms with Gasteiger partial charge in [0.05, 0.1) is 11.0 Å². The number of aryl methyl sites for hydroxylation is 1. The van der Waals surface area contributed by atoms with Crippen molar-refractivity contribution in [3.63, 3.8) is 0 Å². The molecule has 3 rings (SSSR count). The summed E-state index contributed by atoms with van der Waals surface area (Å²) in [5.41, 5.74) is 2.00. The van der Waals surface area contributed by atoms with Crippen molar-refractivity contribution in [3.05, 3.63) is 30.1 Å². The largest absolute Gasteiger partial charge is 0.356 e. The van der Waals surface area contributed by atoms with E-state index in [0.29, 0.717) is 6.54 Å². The Balaban J connectivity index is 1.58. The number of unbranched alkanes of at least 4 members (excludes halogenated alkanes) is 2. The zero-order valence-electron chi connectivity index (χ0n) is 17.8. The molecule has 1 aromatic heterocycles. The molecular weight excluding hydrogens is 364 g/mol. The monoisotopic (exact) mass is 398 g/mol. The Morgan fingerprint density at radius 2 is 1.83 bits per heavy atom. The molecule has 0 radical (unpaired) electrons. The Labute approximate surface area is 173 Å². The summed E-state index contributed by atoms with van der Waals surface area (Å²) in [6.07, 6.45) is 7.28. The lowest BCUT2D eigenvalue weighted by molar-refractivity contribution is -0.132. The minimum absolute atomic E-state index is 0.0346. The fourth-order valence-corrected chi connectivity index (χ4v) is 3.87. The second-order valence-corrected chi connectivity index (χ2v) is 8.30. The second-order valence-electron chi connectivity index (χ2n) is 8.30. The number of benzene rings is 1. The topological polar surface area (TPSA) is 67.2 Å². The number of piperidine rings is 1. The molecule has 0 bridgehead atoms. The van der Waals surface area contributed by atoms with E-state index in [9.17, 15) is 9.59 Å². The number of carbonyl (C=O) groups excluding carboxylic acids is 2. The molecule has 0 spiro atoms. The van der Waals surface area contributed by atoms with E-state index in [1.54, 1.807) is 0 Å². The van der Waals surface area contributed by atoms with Gasteiger partial charge in [0.1, 0.15) is 12.4 Å². The molecule has 0 aliphatic carbocycles. The van der Waals surface area contributed by atoms with Crippen molar-refractivity contribution in [1.82, 2.24) is 19.8 Å². The SMILES string of the molecule is CC(C)C(=O)NCCCCCc1nc2ccccc2n1CC(=O)N1CCCCC1. The number of fused-ring (bicyclic) bond motifs is 1. The first kappa shape index (κ1) is 21.3. The molecule has 0 unspecified atom stereocenters. The quantitative estimate of drug-likeness (QED) is 0.657. The molecule has 1 N–H and O–H groups in total. The van der Waals surface area contributed by atoms with E-state index in [1.807, 2.05) is 36.9 Å². The van der Waals surface area contributed by atoms with Crippen LogP contribution in [-0.4, -0.2) is 45.9 Å². The average Bonchev–Trinajstić information content (AvgIpc) is 3.08. The maximum atomic E-state index is 12.8. The van der Waals surface area contributed by atoms with Crippen LogP contribution in [0.4, 0.5) is 0 Å². The number of amides is 2. The maximum absolute atomic E-state index is 12.8. The Hall–Kier alpha value is -2.37. The van der Waals surface area contributed by atoms with Crippen molar-refractivity contribution in [1.29, 1.82) is 0 Å². The summed E-state index contributed by atoms with van der Waals surface area (Å²) in [6, 6.07) is 8.07. The van der Waals surface area contributed by atoms with Crippen LogP contribution in [-0.2, 0) is 22.6 Å². The number of nitrogens with zero attached hydrogens (tertiary/aromatic N) is 3. The van der Waals surface area contributed by atoms with Crippen LogP contribution in [0.5, 0.6) is 0 Å². The Morgan fingerprint density at radius 3 is 2.59 bits per heavy atom. The Bertz CT molecular complexity index is 821. The van der Waals surface area contributed by atoms with Gasteiger partial charge < -0.3 is 14.8 Å². The van der Waals surface area contributed by atoms with E-state index >= 15 is 0 Å². The molecular formula is C23H34N4O2. The molecule has 29 heavy (non-hydrogen) atoms. The number of rotatable bonds is 9. The summed E-state index contributed by atoms with van der Waals surface area (Å²) >= 11 is 0. The standard InChI is InChI=1S/C23H34N4O2/c1-18(2)23(29)24-14-8-3-5-13-21-25-19-11-6-7-12-20(19)27(21)17-22(28)26-15-9-4-10-16-26/h6-7,11-12,18H,3-5,8-10,13-17H2,1-2H3,(H,24,29). The molecule has 2 aromatic rings. The summed E-state index contributed by atoms with van der Waals surface area (Å²) in [4.78, 5) is 31.2. The van der Waals surface area contributed by atoms with Crippen molar-refractivity contribution < 1.29 is 9.59 Å². The Kier molecular flexibility index (Phi) is 7.67. The van der Waals surface area contributed by atoms with Gasteiger partial charge in [-0.1, -0.05) is 32.4 Å². The number of carbonyl (C=O) groups is 2. The number of imidazole rings is 1. The van der Waals surface area contributed by atoms with Crippen LogP contribution < -0.4 is 5.32 Å². The first-order valence-electron chi connectivity index (χ1n) is 11.1. The molecule has 1 aliphatic heterocycles. The average molecular weight is 399 g/mol. The molecule has 1 saturated heterocycles. The summed E-state index contributed by atoms with van der Waals surface area (Å²) in [5.74, 6) is 1.34. The normalized spacial score (nSPS) is 14.5. The molecule has 0 atom stereocenters. The highest BCUT2D eigenvalue weighted by Gasteiger charge is 2.19. The minimum Gasteiger partial charge on any atom is -0.356 e. The molecule has 1 aliphatic rings. The summed E-state index contributed by atoms with van der Waals surface area (Å²) in [5, 5.41) is 2.97. The molecule has 2 amide bonds. The van der Waals surface area contributed by atoms with Gasteiger partial charge in [0.25, 0.3) is 0 Å². The maximum Gasteiger partial charge on any atom is 0.242 e. The van der Waals surface area contributed by atoms with Crippen molar-refractivity contribution in [2.24, 2.45) is 5.92 Å².